The van der Waals surface area contributed by atoms with E-state index in [2.05, 4.69) is 32.2 Å². The summed E-state index contributed by atoms with van der Waals surface area (Å²) in [7, 11) is 0. The van der Waals surface area contributed by atoms with Crippen LogP contribution in [0.25, 0.3) is 0 Å². The number of aryl methyl sites for hydroxylation is 1. The van der Waals surface area contributed by atoms with E-state index in [0.717, 1.165) is 25.1 Å². The Balaban J connectivity index is 1.81. The molecule has 0 aromatic carbocycles. The van der Waals surface area contributed by atoms with Crippen molar-refractivity contribution >= 4 is 5.82 Å². The summed E-state index contributed by atoms with van der Waals surface area (Å²) < 4.78 is 2.00. The van der Waals surface area contributed by atoms with Crippen LogP contribution in [0.5, 0.6) is 0 Å². The number of hydrogen-bond donors (Lipinski definition) is 0. The number of aromatic nitrogens is 4. The van der Waals surface area contributed by atoms with Crippen LogP contribution in [0.15, 0.2) is 24.8 Å². The van der Waals surface area contributed by atoms with Gasteiger partial charge in [0.25, 0.3) is 0 Å². The van der Waals surface area contributed by atoms with E-state index in [-0.39, 0.29) is 0 Å². The van der Waals surface area contributed by atoms with Gasteiger partial charge in [-0.3, -0.25) is 4.68 Å². The van der Waals surface area contributed by atoms with Gasteiger partial charge in [0.1, 0.15) is 6.07 Å². The van der Waals surface area contributed by atoms with E-state index >= 15 is 0 Å². The molecule has 0 spiro atoms. The highest BCUT2D eigenvalue weighted by Crippen LogP contribution is 2.26. The average molecular weight is 254 g/mol. The Bertz CT molecular complexity index is 626. The first-order chi connectivity index (χ1) is 9.28. The molecule has 96 valence electrons. The van der Waals surface area contributed by atoms with Crippen LogP contribution in [0, 0.1) is 18.3 Å². The third kappa shape index (κ3) is 2.15. The highest BCUT2D eigenvalue weighted by atomic mass is 15.3. The standard InChI is InChI=1S/C13H14N6/c1-10-7-17-19(8-10)11-2-5-18(9-11)13-12(6-14)15-3-4-16-13/h3-4,7-8,11H,2,5,9H2,1H3. The molecule has 0 saturated carbocycles. The number of nitriles is 1. The molecule has 0 N–H and O–H groups in total. The van der Waals surface area contributed by atoms with Crippen LogP contribution in [0.2, 0.25) is 0 Å². The van der Waals surface area contributed by atoms with Gasteiger partial charge in [0.15, 0.2) is 11.5 Å². The van der Waals surface area contributed by atoms with Crippen LogP contribution in [0.4, 0.5) is 5.82 Å². The zero-order valence-electron chi connectivity index (χ0n) is 10.7. The van der Waals surface area contributed by atoms with Crippen LogP contribution in [0.1, 0.15) is 23.7 Å². The first-order valence-electron chi connectivity index (χ1n) is 6.25. The maximum atomic E-state index is 9.07. The van der Waals surface area contributed by atoms with Crippen molar-refractivity contribution in [2.24, 2.45) is 0 Å². The van der Waals surface area contributed by atoms with E-state index in [1.54, 1.807) is 12.4 Å². The van der Waals surface area contributed by atoms with Gasteiger partial charge in [-0.2, -0.15) is 10.4 Å². The van der Waals surface area contributed by atoms with Crippen LogP contribution < -0.4 is 4.90 Å². The largest absolute Gasteiger partial charge is 0.352 e. The zero-order valence-corrected chi connectivity index (χ0v) is 10.7. The van der Waals surface area contributed by atoms with Crippen molar-refractivity contribution in [3.8, 4) is 6.07 Å². The van der Waals surface area contributed by atoms with Gasteiger partial charge in [0, 0.05) is 31.7 Å². The predicted molar refractivity (Wildman–Crippen MR) is 69.6 cm³/mol. The summed E-state index contributed by atoms with van der Waals surface area (Å²) in [6.45, 7) is 3.72. The molecule has 0 amide bonds. The molecule has 0 radical (unpaired) electrons. The van der Waals surface area contributed by atoms with E-state index < -0.39 is 0 Å². The lowest BCUT2D eigenvalue weighted by Gasteiger charge is -2.17. The number of hydrogen-bond acceptors (Lipinski definition) is 5. The smallest absolute Gasteiger partial charge is 0.183 e. The van der Waals surface area contributed by atoms with Gasteiger partial charge in [-0.15, -0.1) is 0 Å². The minimum Gasteiger partial charge on any atom is -0.352 e. The Labute approximate surface area is 111 Å². The quantitative estimate of drug-likeness (QED) is 0.808. The SMILES string of the molecule is Cc1cnn(C2CCN(c3nccnc3C#N)C2)c1. The second-order valence-corrected chi connectivity index (χ2v) is 4.73. The maximum absolute atomic E-state index is 9.07. The predicted octanol–water partition coefficient (Wildman–Crippen LogP) is 1.30. The molecular formula is C13H14N6. The summed E-state index contributed by atoms with van der Waals surface area (Å²) >= 11 is 0. The van der Waals surface area contributed by atoms with E-state index in [1.165, 1.54) is 0 Å². The lowest BCUT2D eigenvalue weighted by atomic mass is 10.3. The summed E-state index contributed by atoms with van der Waals surface area (Å²) in [5, 5.41) is 13.4. The molecule has 3 rings (SSSR count). The lowest BCUT2D eigenvalue weighted by molar-refractivity contribution is 0.494. The highest BCUT2D eigenvalue weighted by molar-refractivity contribution is 5.50. The maximum Gasteiger partial charge on any atom is 0.183 e. The van der Waals surface area contributed by atoms with Gasteiger partial charge in [0.2, 0.25) is 0 Å². The molecule has 1 saturated heterocycles. The molecule has 0 bridgehead atoms. The van der Waals surface area contributed by atoms with Crippen LogP contribution in [0.3, 0.4) is 0 Å². The fourth-order valence-electron chi connectivity index (χ4n) is 2.42. The molecule has 0 aliphatic carbocycles. The summed E-state index contributed by atoms with van der Waals surface area (Å²) in [6.07, 6.45) is 8.10. The van der Waals surface area contributed by atoms with Crippen molar-refractivity contribution in [3.05, 3.63) is 36.0 Å². The van der Waals surface area contributed by atoms with Gasteiger partial charge in [-0.05, 0) is 18.9 Å². The summed E-state index contributed by atoms with van der Waals surface area (Å²) in [5.41, 5.74) is 1.55. The van der Waals surface area contributed by atoms with Crippen molar-refractivity contribution < 1.29 is 0 Å². The minimum absolute atomic E-state index is 0.335. The first-order valence-corrected chi connectivity index (χ1v) is 6.25. The lowest BCUT2D eigenvalue weighted by Crippen LogP contribution is -2.23. The molecule has 1 aliphatic rings. The molecule has 3 heterocycles. The molecule has 1 unspecified atom stereocenters. The number of nitrogens with zero attached hydrogens (tertiary/aromatic N) is 6. The van der Waals surface area contributed by atoms with Gasteiger partial charge < -0.3 is 4.90 Å². The van der Waals surface area contributed by atoms with Crippen molar-refractivity contribution in [3.63, 3.8) is 0 Å². The van der Waals surface area contributed by atoms with E-state index in [0.29, 0.717) is 17.6 Å². The van der Waals surface area contributed by atoms with E-state index in [1.807, 2.05) is 17.8 Å². The number of anilines is 1. The Hall–Kier alpha value is -2.42. The molecule has 2 aromatic rings. The second kappa shape index (κ2) is 4.69. The molecular weight excluding hydrogens is 240 g/mol. The molecule has 1 aliphatic heterocycles. The molecule has 2 aromatic heterocycles. The molecule has 6 heteroatoms. The highest BCUT2D eigenvalue weighted by Gasteiger charge is 2.27. The molecule has 19 heavy (non-hydrogen) atoms. The van der Waals surface area contributed by atoms with Crippen LogP contribution in [-0.2, 0) is 0 Å². The van der Waals surface area contributed by atoms with Crippen LogP contribution in [-0.4, -0.2) is 32.8 Å². The average Bonchev–Trinajstić information content (AvgIpc) is 3.07. The van der Waals surface area contributed by atoms with Gasteiger partial charge >= 0.3 is 0 Å². The van der Waals surface area contributed by atoms with Gasteiger partial charge in [-0.1, -0.05) is 0 Å². The Morgan fingerprint density at radius 3 is 2.95 bits per heavy atom. The van der Waals surface area contributed by atoms with Gasteiger partial charge in [0.05, 0.1) is 12.2 Å². The minimum atomic E-state index is 0.335. The zero-order chi connectivity index (χ0) is 13.2. The Kier molecular flexibility index (Phi) is 2.88. The molecule has 1 fully saturated rings. The van der Waals surface area contributed by atoms with E-state index in [4.69, 9.17) is 5.26 Å². The number of rotatable bonds is 2. The fourth-order valence-corrected chi connectivity index (χ4v) is 2.42. The summed E-state index contributed by atoms with van der Waals surface area (Å²) in [5.74, 6) is 0.677. The Morgan fingerprint density at radius 2 is 2.21 bits per heavy atom. The normalized spacial score (nSPS) is 18.5. The topological polar surface area (TPSA) is 70.6 Å². The second-order valence-electron chi connectivity index (χ2n) is 4.73. The van der Waals surface area contributed by atoms with Crippen molar-refractivity contribution in [1.82, 2.24) is 19.7 Å². The summed E-state index contributed by atoms with van der Waals surface area (Å²) in [4.78, 5) is 10.4. The van der Waals surface area contributed by atoms with Crippen molar-refractivity contribution in [2.45, 2.75) is 19.4 Å². The third-order valence-corrected chi connectivity index (χ3v) is 3.35. The monoisotopic (exact) mass is 254 g/mol. The molecule has 6 nitrogen and oxygen atoms in total. The van der Waals surface area contributed by atoms with Crippen LogP contribution >= 0.6 is 0 Å². The first kappa shape index (κ1) is 11.7. The molecule has 1 atom stereocenters. The fraction of sp³-hybridized carbons (Fsp3) is 0.385. The van der Waals surface area contributed by atoms with Gasteiger partial charge in [-0.25, -0.2) is 9.97 Å². The third-order valence-electron chi connectivity index (χ3n) is 3.35. The van der Waals surface area contributed by atoms with Crippen molar-refractivity contribution in [1.29, 1.82) is 5.26 Å². The Morgan fingerprint density at radius 1 is 1.37 bits per heavy atom. The van der Waals surface area contributed by atoms with E-state index in [9.17, 15) is 0 Å². The van der Waals surface area contributed by atoms with Crippen molar-refractivity contribution in [2.75, 3.05) is 18.0 Å². The summed E-state index contributed by atoms with van der Waals surface area (Å²) in [6, 6.07) is 2.43.